The highest BCUT2D eigenvalue weighted by atomic mass is 14.9. The minimum Gasteiger partial charge on any atom is -0.313 e. The van der Waals surface area contributed by atoms with Crippen molar-refractivity contribution in [3.05, 3.63) is 34.9 Å². The van der Waals surface area contributed by atoms with Crippen LogP contribution in [0.15, 0.2) is 18.2 Å². The SMILES string of the molecule is CCCNC(Cc1c(C)cccc1C)C(CCC)CCC. The van der Waals surface area contributed by atoms with Gasteiger partial charge in [-0.2, -0.15) is 0 Å². The minimum absolute atomic E-state index is 0.629. The van der Waals surface area contributed by atoms with Gasteiger partial charge in [0.25, 0.3) is 0 Å². The Morgan fingerprint density at radius 1 is 0.905 bits per heavy atom. The van der Waals surface area contributed by atoms with Crippen molar-refractivity contribution in [2.24, 2.45) is 5.92 Å². The van der Waals surface area contributed by atoms with Crippen molar-refractivity contribution in [1.29, 1.82) is 0 Å². The van der Waals surface area contributed by atoms with E-state index in [1.54, 1.807) is 5.56 Å². The lowest BCUT2D eigenvalue weighted by atomic mass is 9.84. The summed E-state index contributed by atoms with van der Waals surface area (Å²) in [5, 5.41) is 3.84. The highest BCUT2D eigenvalue weighted by Crippen LogP contribution is 2.24. The maximum atomic E-state index is 3.84. The van der Waals surface area contributed by atoms with Gasteiger partial charge in [0.2, 0.25) is 0 Å². The summed E-state index contributed by atoms with van der Waals surface area (Å²) in [4.78, 5) is 0. The molecule has 1 nitrogen and oxygen atoms in total. The molecule has 0 radical (unpaired) electrons. The van der Waals surface area contributed by atoms with Gasteiger partial charge in [-0.3, -0.25) is 0 Å². The second-order valence-electron chi connectivity index (χ2n) is 6.47. The Morgan fingerprint density at radius 2 is 1.48 bits per heavy atom. The summed E-state index contributed by atoms with van der Waals surface area (Å²) >= 11 is 0. The van der Waals surface area contributed by atoms with Gasteiger partial charge in [-0.1, -0.05) is 51.8 Å². The molecule has 120 valence electrons. The molecule has 0 saturated heterocycles. The van der Waals surface area contributed by atoms with Crippen LogP contribution in [-0.2, 0) is 6.42 Å². The number of nitrogens with one attached hydrogen (secondary N) is 1. The van der Waals surface area contributed by atoms with Crippen LogP contribution in [0, 0.1) is 19.8 Å². The number of hydrogen-bond donors (Lipinski definition) is 1. The van der Waals surface area contributed by atoms with Crippen molar-refractivity contribution in [2.75, 3.05) is 6.54 Å². The first kappa shape index (κ1) is 18.2. The van der Waals surface area contributed by atoms with Crippen LogP contribution in [0.1, 0.15) is 69.6 Å². The molecule has 0 saturated carbocycles. The van der Waals surface area contributed by atoms with Gasteiger partial charge in [-0.25, -0.2) is 0 Å². The van der Waals surface area contributed by atoms with Gasteiger partial charge >= 0.3 is 0 Å². The number of hydrogen-bond acceptors (Lipinski definition) is 1. The molecular weight excluding hydrogens is 254 g/mol. The summed E-state index contributed by atoms with van der Waals surface area (Å²) in [6.07, 6.45) is 7.68. The zero-order chi connectivity index (χ0) is 15.7. The van der Waals surface area contributed by atoms with Crippen LogP contribution >= 0.6 is 0 Å². The zero-order valence-corrected chi connectivity index (χ0v) is 14.8. The molecule has 0 amide bonds. The second kappa shape index (κ2) is 10.00. The van der Waals surface area contributed by atoms with Gasteiger partial charge in [-0.05, 0) is 68.7 Å². The molecule has 0 aromatic heterocycles. The molecule has 1 heteroatoms. The normalized spacial score (nSPS) is 12.9. The maximum Gasteiger partial charge on any atom is 0.0136 e. The van der Waals surface area contributed by atoms with Gasteiger partial charge in [0.15, 0.2) is 0 Å². The van der Waals surface area contributed by atoms with Crippen LogP contribution in [0.2, 0.25) is 0 Å². The van der Waals surface area contributed by atoms with E-state index in [-0.39, 0.29) is 0 Å². The summed E-state index contributed by atoms with van der Waals surface area (Å²) in [6.45, 7) is 12.6. The Hall–Kier alpha value is -0.820. The molecule has 0 bridgehead atoms. The smallest absolute Gasteiger partial charge is 0.0136 e. The molecule has 1 rings (SSSR count). The van der Waals surface area contributed by atoms with Gasteiger partial charge in [0, 0.05) is 6.04 Å². The van der Waals surface area contributed by atoms with Crippen LogP contribution in [0.5, 0.6) is 0 Å². The topological polar surface area (TPSA) is 12.0 Å². The van der Waals surface area contributed by atoms with Crippen LogP contribution in [-0.4, -0.2) is 12.6 Å². The number of rotatable bonds is 10. The number of aryl methyl sites for hydroxylation is 2. The fourth-order valence-corrected chi connectivity index (χ4v) is 3.41. The second-order valence-corrected chi connectivity index (χ2v) is 6.47. The third-order valence-corrected chi connectivity index (χ3v) is 4.61. The average Bonchev–Trinajstić information content (AvgIpc) is 2.46. The van der Waals surface area contributed by atoms with E-state index in [2.05, 4.69) is 58.1 Å². The van der Waals surface area contributed by atoms with E-state index in [1.165, 1.54) is 49.7 Å². The molecule has 21 heavy (non-hydrogen) atoms. The maximum absolute atomic E-state index is 3.84. The molecule has 0 heterocycles. The highest BCUT2D eigenvalue weighted by Gasteiger charge is 2.21. The van der Waals surface area contributed by atoms with E-state index >= 15 is 0 Å². The molecule has 1 aromatic carbocycles. The van der Waals surface area contributed by atoms with Crippen molar-refractivity contribution in [2.45, 2.75) is 79.2 Å². The predicted octanol–water partition coefficient (Wildman–Crippen LogP) is 5.43. The summed E-state index contributed by atoms with van der Waals surface area (Å²) < 4.78 is 0. The van der Waals surface area contributed by atoms with Crippen molar-refractivity contribution in [3.63, 3.8) is 0 Å². The van der Waals surface area contributed by atoms with E-state index < -0.39 is 0 Å². The first-order chi connectivity index (χ1) is 10.1. The third kappa shape index (κ3) is 5.82. The predicted molar refractivity (Wildman–Crippen MR) is 95.0 cm³/mol. The molecule has 0 spiro atoms. The van der Waals surface area contributed by atoms with Gasteiger partial charge < -0.3 is 5.32 Å². The lowest BCUT2D eigenvalue weighted by Gasteiger charge is -2.29. The van der Waals surface area contributed by atoms with E-state index in [9.17, 15) is 0 Å². The Labute approximate surface area is 132 Å². The summed E-state index contributed by atoms with van der Waals surface area (Å²) in [5.74, 6) is 0.811. The van der Waals surface area contributed by atoms with Crippen molar-refractivity contribution >= 4 is 0 Å². The standard InChI is InChI=1S/C20H35N/c1-6-10-18(11-7-2)20(21-14-8-3)15-19-16(4)12-9-13-17(19)5/h9,12-13,18,20-21H,6-8,10-11,14-15H2,1-5H3. The van der Waals surface area contributed by atoms with Crippen LogP contribution in [0.25, 0.3) is 0 Å². The van der Waals surface area contributed by atoms with E-state index in [1.807, 2.05) is 0 Å². The molecule has 0 aliphatic rings. The van der Waals surface area contributed by atoms with Crippen LogP contribution in [0.4, 0.5) is 0 Å². The van der Waals surface area contributed by atoms with Crippen molar-refractivity contribution in [3.8, 4) is 0 Å². The molecular formula is C20H35N. The summed E-state index contributed by atoms with van der Waals surface area (Å²) in [5.41, 5.74) is 4.46. The van der Waals surface area contributed by atoms with Gasteiger partial charge in [-0.15, -0.1) is 0 Å². The van der Waals surface area contributed by atoms with Crippen molar-refractivity contribution in [1.82, 2.24) is 5.32 Å². The third-order valence-electron chi connectivity index (χ3n) is 4.61. The lowest BCUT2D eigenvalue weighted by Crippen LogP contribution is -2.39. The van der Waals surface area contributed by atoms with E-state index in [0.717, 1.165) is 12.5 Å². The van der Waals surface area contributed by atoms with E-state index in [4.69, 9.17) is 0 Å². The van der Waals surface area contributed by atoms with Gasteiger partial charge in [0.05, 0.1) is 0 Å². The largest absolute Gasteiger partial charge is 0.313 e. The van der Waals surface area contributed by atoms with Gasteiger partial charge in [0.1, 0.15) is 0 Å². The highest BCUT2D eigenvalue weighted by molar-refractivity contribution is 5.34. The van der Waals surface area contributed by atoms with E-state index in [0.29, 0.717) is 6.04 Å². The first-order valence-corrected chi connectivity index (χ1v) is 8.92. The van der Waals surface area contributed by atoms with Crippen LogP contribution < -0.4 is 5.32 Å². The Morgan fingerprint density at radius 3 is 1.95 bits per heavy atom. The molecule has 1 atom stereocenters. The number of benzene rings is 1. The molecule has 0 aliphatic carbocycles. The van der Waals surface area contributed by atoms with Crippen molar-refractivity contribution < 1.29 is 0 Å². The fraction of sp³-hybridized carbons (Fsp3) is 0.700. The molecule has 0 fully saturated rings. The Bertz CT molecular complexity index is 371. The zero-order valence-electron chi connectivity index (χ0n) is 14.8. The Balaban J connectivity index is 2.90. The average molecular weight is 290 g/mol. The van der Waals surface area contributed by atoms with Crippen LogP contribution in [0.3, 0.4) is 0 Å². The molecule has 0 aliphatic heterocycles. The Kier molecular flexibility index (Phi) is 8.68. The summed E-state index contributed by atoms with van der Waals surface area (Å²) in [7, 11) is 0. The molecule has 1 aromatic rings. The molecule has 1 unspecified atom stereocenters. The minimum atomic E-state index is 0.629. The monoisotopic (exact) mass is 289 g/mol. The lowest BCUT2D eigenvalue weighted by molar-refractivity contribution is 0.308. The fourth-order valence-electron chi connectivity index (χ4n) is 3.41. The summed E-state index contributed by atoms with van der Waals surface area (Å²) in [6, 6.07) is 7.32. The molecule has 1 N–H and O–H groups in total. The first-order valence-electron chi connectivity index (χ1n) is 8.92. The quantitative estimate of drug-likeness (QED) is 0.605.